The van der Waals surface area contributed by atoms with Crippen LogP contribution in [0, 0.1) is 0 Å². The zero-order valence-electron chi connectivity index (χ0n) is 9.63. The molecule has 1 N–H and O–H groups in total. The van der Waals surface area contributed by atoms with Gasteiger partial charge in [-0.05, 0) is 23.8 Å². The highest BCUT2D eigenvalue weighted by atomic mass is 32.1. The summed E-state index contributed by atoms with van der Waals surface area (Å²) >= 11 is 4.78. The van der Waals surface area contributed by atoms with Crippen molar-refractivity contribution in [1.29, 1.82) is 0 Å². The van der Waals surface area contributed by atoms with Crippen LogP contribution in [0.15, 0.2) is 42.5 Å². The Bertz CT molecular complexity index is 724. The molecule has 0 aliphatic rings. The lowest BCUT2D eigenvalue weighted by Crippen LogP contribution is -2.09. The van der Waals surface area contributed by atoms with Crippen LogP contribution < -0.4 is 5.32 Å². The van der Waals surface area contributed by atoms with E-state index >= 15 is 0 Å². The van der Waals surface area contributed by atoms with Gasteiger partial charge in [0.1, 0.15) is 0 Å². The second-order valence-electron chi connectivity index (χ2n) is 4.00. The van der Waals surface area contributed by atoms with Crippen molar-refractivity contribution in [2.75, 3.05) is 0 Å². The summed E-state index contributed by atoms with van der Waals surface area (Å²) in [5, 5.41) is 3.03. The van der Waals surface area contributed by atoms with Crippen LogP contribution in [0.4, 0.5) is 0 Å². The summed E-state index contributed by atoms with van der Waals surface area (Å²) in [6.07, 6.45) is 0. The van der Waals surface area contributed by atoms with Gasteiger partial charge in [-0.3, -0.25) is 0 Å². The lowest BCUT2D eigenvalue weighted by atomic mass is 10.1. The Kier molecular flexibility index (Phi) is 2.86. The van der Waals surface area contributed by atoms with Crippen LogP contribution in [0.5, 0.6) is 0 Å². The minimum Gasteiger partial charge on any atom is -0.378 e. The third-order valence-corrected chi connectivity index (χ3v) is 3.00. The molecule has 0 aliphatic heterocycles. The topological polar surface area (TPSA) is 37.8 Å². The predicted molar refractivity (Wildman–Crippen MR) is 77.5 cm³/mol. The van der Waals surface area contributed by atoms with Gasteiger partial charge in [0.2, 0.25) is 0 Å². The smallest absolute Gasteiger partial charge is 0.0944 e. The molecule has 1 heterocycles. The highest BCUT2D eigenvalue weighted by Gasteiger charge is 2.05. The molecule has 1 aromatic heterocycles. The molecule has 0 spiro atoms. The Hall–Kier alpha value is -2.07. The van der Waals surface area contributed by atoms with Gasteiger partial charge in [-0.25, -0.2) is 9.97 Å². The van der Waals surface area contributed by atoms with Gasteiger partial charge in [0.25, 0.3) is 0 Å². The quantitative estimate of drug-likeness (QED) is 0.575. The summed E-state index contributed by atoms with van der Waals surface area (Å²) in [6, 6.07) is 13.9. The van der Waals surface area contributed by atoms with E-state index in [0.29, 0.717) is 6.54 Å². The van der Waals surface area contributed by atoms with E-state index in [9.17, 15) is 0 Å². The lowest BCUT2D eigenvalue weighted by Gasteiger charge is -2.06. The van der Waals surface area contributed by atoms with Gasteiger partial charge in [0, 0.05) is 6.54 Å². The average Bonchev–Trinajstić information content (AvgIpc) is 2.43. The van der Waals surface area contributed by atoms with Crippen molar-refractivity contribution in [3.8, 4) is 0 Å². The van der Waals surface area contributed by atoms with Crippen LogP contribution >= 0.6 is 12.2 Å². The van der Waals surface area contributed by atoms with Crippen LogP contribution in [-0.4, -0.2) is 15.5 Å². The van der Waals surface area contributed by atoms with E-state index in [-0.39, 0.29) is 0 Å². The predicted octanol–water partition coefficient (Wildman–Crippen LogP) is 2.83. The Morgan fingerprint density at radius 1 is 0.944 bits per heavy atom. The van der Waals surface area contributed by atoms with Gasteiger partial charge in [-0.1, -0.05) is 36.5 Å². The summed E-state index contributed by atoms with van der Waals surface area (Å²) in [7, 11) is 0. The zero-order chi connectivity index (χ0) is 12.4. The summed E-state index contributed by atoms with van der Waals surface area (Å²) in [4.78, 5) is 9.30. The lowest BCUT2D eigenvalue weighted by molar-refractivity contribution is 0.950. The minimum absolute atomic E-state index is 0.674. The monoisotopic (exact) mass is 253 g/mol. The third kappa shape index (κ3) is 1.91. The Labute approximate surface area is 110 Å². The number of thiocarbonyl (C=S) groups is 1. The number of benzene rings is 2. The number of para-hydroxylation sites is 3. The van der Waals surface area contributed by atoms with Gasteiger partial charge in [-0.15, -0.1) is 0 Å². The number of nitrogens with zero attached hydrogens (tertiary/aromatic N) is 2. The molecular formula is C14H11N3S. The molecule has 2 aromatic carbocycles. The van der Waals surface area contributed by atoms with Gasteiger partial charge in [0.05, 0.1) is 27.6 Å². The molecule has 0 fully saturated rings. The van der Waals surface area contributed by atoms with Crippen LogP contribution in [0.1, 0.15) is 5.56 Å². The Morgan fingerprint density at radius 3 is 2.44 bits per heavy atom. The van der Waals surface area contributed by atoms with Crippen molar-refractivity contribution in [3.63, 3.8) is 0 Å². The van der Waals surface area contributed by atoms with E-state index in [0.717, 1.165) is 27.6 Å². The van der Waals surface area contributed by atoms with E-state index in [4.69, 9.17) is 12.2 Å². The molecule has 0 saturated carbocycles. The Morgan fingerprint density at radius 2 is 1.67 bits per heavy atom. The molecule has 88 valence electrons. The van der Waals surface area contributed by atoms with E-state index in [1.807, 2.05) is 42.5 Å². The highest BCUT2D eigenvalue weighted by Crippen LogP contribution is 2.19. The van der Waals surface area contributed by atoms with Crippen molar-refractivity contribution >= 4 is 39.8 Å². The number of hydrogen-bond donors (Lipinski definition) is 1. The van der Waals surface area contributed by atoms with Crippen LogP contribution in [-0.2, 0) is 6.54 Å². The molecule has 3 rings (SSSR count). The molecule has 0 amide bonds. The number of nitrogens with one attached hydrogen (secondary N) is 1. The van der Waals surface area contributed by atoms with Gasteiger partial charge >= 0.3 is 0 Å². The van der Waals surface area contributed by atoms with Crippen LogP contribution in [0.2, 0.25) is 0 Å². The van der Waals surface area contributed by atoms with E-state index in [1.165, 1.54) is 5.49 Å². The normalized spacial score (nSPS) is 10.7. The first kappa shape index (κ1) is 11.0. The molecular weight excluding hydrogens is 242 g/mol. The fourth-order valence-corrected chi connectivity index (χ4v) is 2.08. The van der Waals surface area contributed by atoms with Gasteiger partial charge in [-0.2, -0.15) is 0 Å². The molecule has 18 heavy (non-hydrogen) atoms. The average molecular weight is 253 g/mol. The van der Waals surface area contributed by atoms with Crippen LogP contribution in [0.25, 0.3) is 22.1 Å². The van der Waals surface area contributed by atoms with E-state index < -0.39 is 0 Å². The Balaban J connectivity index is 2.25. The third-order valence-electron chi connectivity index (χ3n) is 2.83. The van der Waals surface area contributed by atoms with Crippen LogP contribution in [0.3, 0.4) is 0 Å². The van der Waals surface area contributed by atoms with Crippen molar-refractivity contribution in [3.05, 3.63) is 48.0 Å². The number of aromatic nitrogens is 2. The standard InChI is InChI=1S/C14H11N3S/c18-9-15-8-10-4-3-7-13-14(10)17-12-6-2-1-5-11(12)16-13/h1-7,9H,8H2,(H,15,18). The second-order valence-corrected chi connectivity index (χ2v) is 4.23. The van der Waals surface area contributed by atoms with Gasteiger partial charge < -0.3 is 5.32 Å². The number of rotatable bonds is 3. The maximum absolute atomic E-state index is 4.78. The van der Waals surface area contributed by atoms with Crippen molar-refractivity contribution < 1.29 is 0 Å². The molecule has 0 aliphatic carbocycles. The highest BCUT2D eigenvalue weighted by molar-refractivity contribution is 7.78. The van der Waals surface area contributed by atoms with Crippen molar-refractivity contribution in [2.45, 2.75) is 6.54 Å². The molecule has 0 atom stereocenters. The second kappa shape index (κ2) is 4.66. The van der Waals surface area contributed by atoms with Gasteiger partial charge in [0.15, 0.2) is 0 Å². The first-order valence-electron chi connectivity index (χ1n) is 5.70. The van der Waals surface area contributed by atoms with E-state index in [1.54, 1.807) is 0 Å². The van der Waals surface area contributed by atoms with Crippen molar-refractivity contribution in [2.24, 2.45) is 0 Å². The maximum atomic E-state index is 4.78. The largest absolute Gasteiger partial charge is 0.378 e. The summed E-state index contributed by atoms with van der Waals surface area (Å²) < 4.78 is 0. The molecule has 0 radical (unpaired) electrons. The molecule has 3 nitrogen and oxygen atoms in total. The molecule has 3 aromatic rings. The first-order chi connectivity index (χ1) is 8.88. The zero-order valence-corrected chi connectivity index (χ0v) is 10.4. The molecule has 4 heteroatoms. The SMILES string of the molecule is S=CNCc1cccc2nc3ccccc3nc12. The number of hydrogen-bond acceptors (Lipinski definition) is 3. The maximum Gasteiger partial charge on any atom is 0.0944 e. The minimum atomic E-state index is 0.674. The fourth-order valence-electron chi connectivity index (χ4n) is 1.99. The van der Waals surface area contributed by atoms with E-state index in [2.05, 4.69) is 15.3 Å². The molecule has 0 unspecified atom stereocenters. The fraction of sp³-hybridized carbons (Fsp3) is 0.0714. The van der Waals surface area contributed by atoms with Crippen molar-refractivity contribution in [1.82, 2.24) is 15.3 Å². The molecule has 0 bridgehead atoms. The summed E-state index contributed by atoms with van der Waals surface area (Å²) in [5.74, 6) is 0. The molecule has 0 saturated heterocycles. The first-order valence-corrected chi connectivity index (χ1v) is 6.17. The summed E-state index contributed by atoms with van der Waals surface area (Å²) in [6.45, 7) is 0.674. The summed E-state index contributed by atoms with van der Waals surface area (Å²) in [5.41, 5.74) is 6.31. The number of fused-ring (bicyclic) bond motifs is 2.